The number of benzene rings is 1. The number of aryl methyl sites for hydroxylation is 1. The van der Waals surface area contributed by atoms with Gasteiger partial charge in [-0.15, -0.1) is 0 Å². The Morgan fingerprint density at radius 1 is 1.42 bits per heavy atom. The van der Waals surface area contributed by atoms with E-state index in [1.54, 1.807) is 0 Å². The fourth-order valence-corrected chi connectivity index (χ4v) is 1.60. The first-order chi connectivity index (χ1) is 5.81. The topological polar surface area (TPSA) is 23.8 Å². The normalized spacial score (nSPS) is 15.7. The van der Waals surface area contributed by atoms with Gasteiger partial charge in [0.05, 0.1) is 11.6 Å². The summed E-state index contributed by atoms with van der Waals surface area (Å²) in [7, 11) is 0. The van der Waals surface area contributed by atoms with Crippen LogP contribution in [0.15, 0.2) is 18.2 Å². The molecule has 0 saturated heterocycles. The van der Waals surface area contributed by atoms with Gasteiger partial charge in [0.25, 0.3) is 0 Å². The lowest BCUT2D eigenvalue weighted by Crippen LogP contribution is -1.86. The molecule has 0 unspecified atom stereocenters. The van der Waals surface area contributed by atoms with Crippen LogP contribution in [0.4, 0.5) is 0 Å². The van der Waals surface area contributed by atoms with Crippen molar-refractivity contribution in [3.8, 4) is 6.07 Å². The van der Waals surface area contributed by atoms with Gasteiger partial charge in [-0.3, -0.25) is 0 Å². The summed E-state index contributed by atoms with van der Waals surface area (Å²) in [5.41, 5.74) is 3.49. The van der Waals surface area contributed by atoms with E-state index in [0.29, 0.717) is 0 Å². The molecular formula is C11H11N. The average molecular weight is 157 g/mol. The highest BCUT2D eigenvalue weighted by Crippen LogP contribution is 2.41. The van der Waals surface area contributed by atoms with Gasteiger partial charge in [0.2, 0.25) is 0 Å². The van der Waals surface area contributed by atoms with Crippen LogP contribution < -0.4 is 0 Å². The minimum absolute atomic E-state index is 0.775. The smallest absolute Gasteiger partial charge is 0.0991 e. The second-order valence-electron chi connectivity index (χ2n) is 3.46. The van der Waals surface area contributed by atoms with Crippen LogP contribution >= 0.6 is 0 Å². The first kappa shape index (κ1) is 7.36. The molecule has 0 amide bonds. The number of rotatable bonds is 1. The van der Waals surface area contributed by atoms with E-state index >= 15 is 0 Å². The van der Waals surface area contributed by atoms with Crippen molar-refractivity contribution in [2.75, 3.05) is 0 Å². The highest BCUT2D eigenvalue weighted by atomic mass is 14.3. The summed E-state index contributed by atoms with van der Waals surface area (Å²) in [6.07, 6.45) is 2.65. The zero-order valence-electron chi connectivity index (χ0n) is 7.17. The van der Waals surface area contributed by atoms with Crippen molar-refractivity contribution in [1.82, 2.24) is 0 Å². The van der Waals surface area contributed by atoms with Gasteiger partial charge in [-0.1, -0.05) is 6.07 Å². The van der Waals surface area contributed by atoms with Crippen molar-refractivity contribution in [2.45, 2.75) is 25.7 Å². The second-order valence-corrected chi connectivity index (χ2v) is 3.46. The largest absolute Gasteiger partial charge is 0.192 e. The maximum absolute atomic E-state index is 8.66. The summed E-state index contributed by atoms with van der Waals surface area (Å²) in [4.78, 5) is 0. The van der Waals surface area contributed by atoms with Crippen LogP contribution in [0.25, 0.3) is 0 Å². The molecule has 12 heavy (non-hydrogen) atoms. The first-order valence-electron chi connectivity index (χ1n) is 4.32. The number of hydrogen-bond acceptors (Lipinski definition) is 1. The second kappa shape index (κ2) is 2.64. The first-order valence-corrected chi connectivity index (χ1v) is 4.32. The van der Waals surface area contributed by atoms with Crippen molar-refractivity contribution in [2.24, 2.45) is 0 Å². The number of nitriles is 1. The summed E-state index contributed by atoms with van der Waals surface area (Å²) >= 11 is 0. The molecule has 1 aromatic carbocycles. The third-order valence-corrected chi connectivity index (χ3v) is 2.42. The lowest BCUT2D eigenvalue weighted by molar-refractivity contribution is 1.10. The van der Waals surface area contributed by atoms with Crippen LogP contribution in [0, 0.1) is 18.3 Å². The SMILES string of the molecule is Cc1cc(C#N)ccc1C1CC1. The Bertz CT molecular complexity index is 343. The van der Waals surface area contributed by atoms with Gasteiger partial charge < -0.3 is 0 Å². The Balaban J connectivity index is 2.40. The number of nitrogens with zero attached hydrogens (tertiary/aromatic N) is 1. The Labute approximate surface area is 72.6 Å². The molecule has 1 heteroatoms. The van der Waals surface area contributed by atoms with Gasteiger partial charge >= 0.3 is 0 Å². The van der Waals surface area contributed by atoms with Crippen LogP contribution in [0.2, 0.25) is 0 Å². The molecule has 60 valence electrons. The van der Waals surface area contributed by atoms with Gasteiger partial charge in [-0.05, 0) is 48.9 Å². The summed E-state index contributed by atoms with van der Waals surface area (Å²) in [5.74, 6) is 0.790. The lowest BCUT2D eigenvalue weighted by atomic mass is 10.0. The quantitative estimate of drug-likeness (QED) is 0.615. The lowest BCUT2D eigenvalue weighted by Gasteiger charge is -2.02. The Morgan fingerprint density at radius 2 is 2.17 bits per heavy atom. The fraction of sp³-hybridized carbons (Fsp3) is 0.364. The highest BCUT2D eigenvalue weighted by Gasteiger charge is 2.24. The van der Waals surface area contributed by atoms with Crippen LogP contribution in [-0.4, -0.2) is 0 Å². The number of hydrogen-bond donors (Lipinski definition) is 0. The van der Waals surface area contributed by atoms with Gasteiger partial charge in [0, 0.05) is 0 Å². The van der Waals surface area contributed by atoms with Crippen LogP contribution in [-0.2, 0) is 0 Å². The maximum atomic E-state index is 8.66. The van der Waals surface area contributed by atoms with Crippen molar-refractivity contribution in [1.29, 1.82) is 5.26 Å². The molecule has 0 atom stereocenters. The molecule has 0 aliphatic heterocycles. The molecule has 1 nitrogen and oxygen atoms in total. The summed E-state index contributed by atoms with van der Waals surface area (Å²) < 4.78 is 0. The molecule has 1 aliphatic rings. The van der Waals surface area contributed by atoms with Gasteiger partial charge in [0.15, 0.2) is 0 Å². The summed E-state index contributed by atoms with van der Waals surface area (Å²) in [6.45, 7) is 2.09. The van der Waals surface area contributed by atoms with Gasteiger partial charge in [-0.25, -0.2) is 0 Å². The predicted molar refractivity (Wildman–Crippen MR) is 47.9 cm³/mol. The Hall–Kier alpha value is -1.29. The summed E-state index contributed by atoms with van der Waals surface area (Å²) in [5, 5.41) is 8.66. The molecule has 1 saturated carbocycles. The molecule has 0 aromatic heterocycles. The molecule has 0 heterocycles. The van der Waals surface area contributed by atoms with E-state index in [9.17, 15) is 0 Å². The molecule has 0 radical (unpaired) electrons. The van der Waals surface area contributed by atoms with Crippen molar-refractivity contribution in [3.05, 3.63) is 34.9 Å². The maximum Gasteiger partial charge on any atom is 0.0991 e. The van der Waals surface area contributed by atoms with E-state index in [1.165, 1.54) is 24.0 Å². The van der Waals surface area contributed by atoms with E-state index in [-0.39, 0.29) is 0 Å². The molecule has 1 aromatic rings. The van der Waals surface area contributed by atoms with Crippen molar-refractivity contribution >= 4 is 0 Å². The minimum Gasteiger partial charge on any atom is -0.192 e. The van der Waals surface area contributed by atoms with Crippen LogP contribution in [0.3, 0.4) is 0 Å². The summed E-state index contributed by atoms with van der Waals surface area (Å²) in [6, 6.07) is 8.15. The van der Waals surface area contributed by atoms with Crippen LogP contribution in [0.5, 0.6) is 0 Å². The third-order valence-electron chi connectivity index (χ3n) is 2.42. The van der Waals surface area contributed by atoms with Crippen molar-refractivity contribution in [3.63, 3.8) is 0 Å². The van der Waals surface area contributed by atoms with Crippen molar-refractivity contribution < 1.29 is 0 Å². The molecular weight excluding hydrogens is 146 g/mol. The molecule has 0 bridgehead atoms. The zero-order valence-corrected chi connectivity index (χ0v) is 7.17. The standard InChI is InChI=1S/C11H11N/c1-8-6-9(7-12)2-5-11(8)10-3-4-10/h2,5-6,10H,3-4H2,1H3. The van der Waals surface area contributed by atoms with Crippen LogP contribution in [0.1, 0.15) is 35.4 Å². The molecule has 2 rings (SSSR count). The Kier molecular flexibility index (Phi) is 1.62. The molecule has 1 aliphatic carbocycles. The van der Waals surface area contributed by atoms with E-state index < -0.39 is 0 Å². The molecule has 0 N–H and O–H groups in total. The van der Waals surface area contributed by atoms with E-state index in [4.69, 9.17) is 5.26 Å². The monoisotopic (exact) mass is 157 g/mol. The minimum atomic E-state index is 0.775. The van der Waals surface area contributed by atoms with E-state index in [2.05, 4.69) is 19.1 Å². The molecule has 0 spiro atoms. The molecule has 1 fully saturated rings. The Morgan fingerprint density at radius 3 is 2.67 bits per heavy atom. The highest BCUT2D eigenvalue weighted by molar-refractivity contribution is 5.40. The predicted octanol–water partition coefficient (Wildman–Crippen LogP) is 2.74. The van der Waals surface area contributed by atoms with Gasteiger partial charge in [-0.2, -0.15) is 5.26 Å². The third kappa shape index (κ3) is 1.21. The zero-order chi connectivity index (χ0) is 8.55. The van der Waals surface area contributed by atoms with E-state index in [1.807, 2.05) is 12.1 Å². The van der Waals surface area contributed by atoms with E-state index in [0.717, 1.165) is 11.5 Å². The van der Waals surface area contributed by atoms with Gasteiger partial charge in [0.1, 0.15) is 0 Å². The fourth-order valence-electron chi connectivity index (χ4n) is 1.60. The average Bonchev–Trinajstić information content (AvgIpc) is 2.87.